The highest BCUT2D eigenvalue weighted by atomic mass is 32.1. The fourth-order valence-corrected chi connectivity index (χ4v) is 4.10. The number of ether oxygens (including phenoxy) is 1. The predicted octanol–water partition coefficient (Wildman–Crippen LogP) is 2.33. The highest BCUT2D eigenvalue weighted by molar-refractivity contribution is 7.09. The number of nitrogens with zero attached hydrogens (tertiary/aromatic N) is 2. The van der Waals surface area contributed by atoms with E-state index in [1.54, 1.807) is 11.3 Å². The second-order valence-corrected chi connectivity index (χ2v) is 8.29. The van der Waals surface area contributed by atoms with E-state index in [1.165, 1.54) is 10.4 Å². The molecule has 8 heteroatoms. The van der Waals surface area contributed by atoms with Crippen LogP contribution in [-0.2, 0) is 17.8 Å². The number of piperazine rings is 1. The van der Waals surface area contributed by atoms with Gasteiger partial charge in [0.2, 0.25) is 5.91 Å². The van der Waals surface area contributed by atoms with E-state index in [1.807, 2.05) is 36.6 Å². The zero-order valence-electron chi connectivity index (χ0n) is 17.4. The van der Waals surface area contributed by atoms with E-state index in [9.17, 15) is 9.59 Å². The van der Waals surface area contributed by atoms with Crippen LogP contribution in [0.4, 0.5) is 4.79 Å². The molecule has 1 aromatic heterocycles. The quantitative estimate of drug-likeness (QED) is 0.639. The summed E-state index contributed by atoms with van der Waals surface area (Å²) in [6.45, 7) is 7.71. The number of benzene rings is 1. The molecule has 1 saturated heterocycles. The highest BCUT2D eigenvalue weighted by Gasteiger charge is 2.20. The summed E-state index contributed by atoms with van der Waals surface area (Å²) in [7, 11) is 0. The Hall–Kier alpha value is -2.42. The van der Waals surface area contributed by atoms with Crippen molar-refractivity contribution >= 4 is 23.3 Å². The predicted molar refractivity (Wildman–Crippen MR) is 119 cm³/mol. The fraction of sp³-hybridized carbons (Fsp3) is 0.455. The van der Waals surface area contributed by atoms with Crippen molar-refractivity contribution in [2.45, 2.75) is 19.9 Å². The third kappa shape index (κ3) is 7.44. The first kappa shape index (κ1) is 22.3. The average Bonchev–Trinajstić information content (AvgIpc) is 3.24. The molecule has 0 atom stereocenters. The lowest BCUT2D eigenvalue weighted by Crippen LogP contribution is -2.50. The van der Waals surface area contributed by atoms with Crippen molar-refractivity contribution < 1.29 is 14.3 Å². The number of carbonyl (C=O) groups is 2. The summed E-state index contributed by atoms with van der Waals surface area (Å²) >= 11 is 1.66. The number of rotatable bonds is 9. The van der Waals surface area contributed by atoms with Crippen LogP contribution in [0.15, 0.2) is 41.8 Å². The molecule has 2 heterocycles. The van der Waals surface area contributed by atoms with Gasteiger partial charge < -0.3 is 10.1 Å². The van der Waals surface area contributed by atoms with Gasteiger partial charge >= 0.3 is 6.03 Å². The molecule has 1 aromatic carbocycles. The zero-order chi connectivity index (χ0) is 21.2. The van der Waals surface area contributed by atoms with Crippen molar-refractivity contribution in [1.29, 1.82) is 0 Å². The molecule has 3 rings (SSSR count). The Morgan fingerprint density at radius 3 is 2.47 bits per heavy atom. The Morgan fingerprint density at radius 1 is 1.07 bits per heavy atom. The van der Waals surface area contributed by atoms with Crippen LogP contribution in [0.1, 0.15) is 17.4 Å². The zero-order valence-corrected chi connectivity index (χ0v) is 18.2. The van der Waals surface area contributed by atoms with Crippen LogP contribution in [0.25, 0.3) is 0 Å². The molecular formula is C22H30N4O3S. The lowest BCUT2D eigenvalue weighted by Gasteiger charge is -2.34. The van der Waals surface area contributed by atoms with Crippen molar-refractivity contribution in [1.82, 2.24) is 20.4 Å². The molecule has 0 radical (unpaired) electrons. The summed E-state index contributed by atoms with van der Waals surface area (Å²) in [4.78, 5) is 29.7. The van der Waals surface area contributed by atoms with E-state index in [4.69, 9.17) is 4.74 Å². The first-order valence-corrected chi connectivity index (χ1v) is 11.3. The van der Waals surface area contributed by atoms with Crippen LogP contribution in [0.2, 0.25) is 0 Å². The van der Waals surface area contributed by atoms with Crippen LogP contribution in [0.3, 0.4) is 0 Å². The second-order valence-electron chi connectivity index (χ2n) is 7.26. The number of imide groups is 1. The van der Waals surface area contributed by atoms with E-state index in [-0.39, 0.29) is 12.5 Å². The van der Waals surface area contributed by atoms with Gasteiger partial charge in [0.15, 0.2) is 0 Å². The fourth-order valence-electron chi connectivity index (χ4n) is 3.39. The largest absolute Gasteiger partial charge is 0.494 e. The molecule has 2 N–H and O–H groups in total. The molecule has 162 valence electrons. The van der Waals surface area contributed by atoms with Gasteiger partial charge in [0.25, 0.3) is 0 Å². The third-order valence-electron chi connectivity index (χ3n) is 4.96. The lowest BCUT2D eigenvalue weighted by molar-refractivity contribution is -0.121. The van der Waals surface area contributed by atoms with E-state index in [0.29, 0.717) is 13.2 Å². The molecule has 2 aromatic rings. The number of hydrogen-bond acceptors (Lipinski definition) is 6. The van der Waals surface area contributed by atoms with Gasteiger partial charge in [-0.2, -0.15) is 0 Å². The van der Waals surface area contributed by atoms with Gasteiger partial charge in [0, 0.05) is 44.1 Å². The lowest BCUT2D eigenvalue weighted by atomic mass is 10.2. The molecule has 0 aliphatic carbocycles. The monoisotopic (exact) mass is 430 g/mol. The normalized spacial score (nSPS) is 15.0. The van der Waals surface area contributed by atoms with Crippen molar-refractivity contribution in [3.05, 3.63) is 52.2 Å². The molecule has 3 amide bonds. The molecule has 7 nitrogen and oxygen atoms in total. The van der Waals surface area contributed by atoms with E-state index >= 15 is 0 Å². The Labute approximate surface area is 182 Å². The number of urea groups is 1. The summed E-state index contributed by atoms with van der Waals surface area (Å²) < 4.78 is 5.48. The maximum absolute atomic E-state index is 12.1. The van der Waals surface area contributed by atoms with Crippen molar-refractivity contribution in [2.24, 2.45) is 0 Å². The minimum atomic E-state index is -0.425. The van der Waals surface area contributed by atoms with E-state index < -0.39 is 6.03 Å². The molecule has 0 unspecified atom stereocenters. The van der Waals surface area contributed by atoms with Gasteiger partial charge in [-0.15, -0.1) is 11.3 Å². The molecule has 0 spiro atoms. The van der Waals surface area contributed by atoms with Gasteiger partial charge in [-0.05, 0) is 42.5 Å². The van der Waals surface area contributed by atoms with Crippen molar-refractivity contribution in [3.63, 3.8) is 0 Å². The third-order valence-corrected chi connectivity index (χ3v) is 5.90. The van der Waals surface area contributed by atoms with Crippen molar-refractivity contribution in [2.75, 3.05) is 45.9 Å². The number of amides is 3. The van der Waals surface area contributed by atoms with Crippen LogP contribution >= 0.6 is 11.3 Å². The molecular weight excluding hydrogens is 400 g/mol. The molecule has 1 fully saturated rings. The van der Waals surface area contributed by atoms with E-state index in [2.05, 4.69) is 32.6 Å². The number of hydrogen-bond donors (Lipinski definition) is 2. The number of carbonyl (C=O) groups excluding carboxylic acids is 2. The number of nitrogens with one attached hydrogen (secondary N) is 2. The van der Waals surface area contributed by atoms with Gasteiger partial charge in [0.1, 0.15) is 5.75 Å². The first-order valence-electron chi connectivity index (χ1n) is 10.4. The second kappa shape index (κ2) is 11.7. The molecule has 1 aliphatic heterocycles. The Kier molecular flexibility index (Phi) is 8.67. The maximum Gasteiger partial charge on any atom is 0.321 e. The van der Waals surface area contributed by atoms with Crippen molar-refractivity contribution in [3.8, 4) is 5.75 Å². The maximum atomic E-state index is 12.1. The van der Waals surface area contributed by atoms with Gasteiger partial charge in [-0.25, -0.2) is 4.79 Å². The van der Waals surface area contributed by atoms with Crippen LogP contribution < -0.4 is 15.4 Å². The summed E-state index contributed by atoms with van der Waals surface area (Å²) in [5.41, 5.74) is 1.25. The summed E-state index contributed by atoms with van der Waals surface area (Å²) in [6, 6.07) is 11.8. The van der Waals surface area contributed by atoms with Gasteiger partial charge in [-0.1, -0.05) is 18.2 Å². The minimum absolute atomic E-state index is 0.245. The van der Waals surface area contributed by atoms with Gasteiger partial charge in [-0.3, -0.25) is 19.9 Å². The summed E-state index contributed by atoms with van der Waals surface area (Å²) in [6.07, 6.45) is 0.773. The Bertz CT molecular complexity index is 787. The van der Waals surface area contributed by atoms with Crippen LogP contribution in [0.5, 0.6) is 5.75 Å². The van der Waals surface area contributed by atoms with Gasteiger partial charge in [0.05, 0.1) is 13.2 Å². The molecule has 0 saturated carbocycles. The topological polar surface area (TPSA) is 73.9 Å². The average molecular weight is 431 g/mol. The highest BCUT2D eigenvalue weighted by Crippen LogP contribution is 2.14. The SMILES string of the molecule is CCOc1ccc(CN2CCN(CC(=O)NC(=O)NCCc3cccs3)CC2)cc1. The summed E-state index contributed by atoms with van der Waals surface area (Å²) in [5.74, 6) is 0.635. The minimum Gasteiger partial charge on any atom is -0.494 e. The Morgan fingerprint density at radius 2 is 1.80 bits per heavy atom. The molecule has 1 aliphatic rings. The molecule has 0 bridgehead atoms. The summed E-state index contributed by atoms with van der Waals surface area (Å²) in [5, 5.41) is 7.17. The van der Waals surface area contributed by atoms with E-state index in [0.717, 1.165) is 44.9 Å². The first-order chi connectivity index (χ1) is 14.6. The molecule has 30 heavy (non-hydrogen) atoms. The smallest absolute Gasteiger partial charge is 0.321 e. The Balaban J connectivity index is 1.30. The standard InChI is InChI=1S/C22H30N4O3S/c1-2-29-19-7-5-18(6-8-19)16-25-11-13-26(14-12-25)17-21(27)24-22(28)23-10-9-20-4-3-15-30-20/h3-8,15H,2,9-14,16-17H2,1H3,(H2,23,24,27,28). The van der Waals surface area contributed by atoms with Crippen LogP contribution in [0, 0.1) is 0 Å². The van der Waals surface area contributed by atoms with Crippen LogP contribution in [-0.4, -0.2) is 67.6 Å². The number of thiophene rings is 1.